The molecule has 4 nitrogen and oxygen atoms in total. The van der Waals surface area contributed by atoms with E-state index < -0.39 is 11.6 Å². The second-order valence-corrected chi connectivity index (χ2v) is 4.54. The van der Waals surface area contributed by atoms with Crippen molar-refractivity contribution in [2.24, 2.45) is 0 Å². The molecular weight excluding hydrogens is 238 g/mol. The van der Waals surface area contributed by atoms with Gasteiger partial charge in [-0.1, -0.05) is 0 Å². The van der Waals surface area contributed by atoms with Crippen LogP contribution in [0.3, 0.4) is 0 Å². The highest BCUT2D eigenvalue weighted by molar-refractivity contribution is 5.47. The number of pyridine rings is 1. The summed E-state index contributed by atoms with van der Waals surface area (Å²) in [6.45, 7) is 1.41. The van der Waals surface area contributed by atoms with E-state index in [1.165, 1.54) is 12.8 Å². The van der Waals surface area contributed by atoms with E-state index in [1.807, 2.05) is 7.05 Å². The van der Waals surface area contributed by atoms with Gasteiger partial charge >= 0.3 is 0 Å². The molecule has 0 unspecified atom stereocenters. The summed E-state index contributed by atoms with van der Waals surface area (Å²) >= 11 is 0. The third kappa shape index (κ3) is 3.07. The molecule has 0 radical (unpaired) electrons. The fraction of sp³-hybridized carbons (Fsp3) is 0.583. The van der Waals surface area contributed by atoms with E-state index in [2.05, 4.69) is 20.5 Å². The quantitative estimate of drug-likeness (QED) is 0.815. The minimum atomic E-state index is -0.685. The fourth-order valence-electron chi connectivity index (χ4n) is 1.81. The zero-order valence-electron chi connectivity index (χ0n) is 10.6. The lowest BCUT2D eigenvalue weighted by Crippen LogP contribution is -2.27. The van der Waals surface area contributed by atoms with Crippen molar-refractivity contribution in [2.45, 2.75) is 18.9 Å². The number of nitrogens with one attached hydrogen (secondary N) is 2. The number of nitrogens with zero attached hydrogens (tertiary/aromatic N) is 2. The zero-order valence-corrected chi connectivity index (χ0v) is 10.6. The Morgan fingerprint density at radius 1 is 1.33 bits per heavy atom. The first-order chi connectivity index (χ1) is 8.61. The average molecular weight is 256 g/mol. The third-order valence-electron chi connectivity index (χ3n) is 3.09. The molecule has 1 aromatic heterocycles. The van der Waals surface area contributed by atoms with Gasteiger partial charge in [0.05, 0.1) is 0 Å². The summed E-state index contributed by atoms with van der Waals surface area (Å²) in [5.41, 5.74) is 0. The van der Waals surface area contributed by atoms with E-state index >= 15 is 0 Å². The smallest absolute Gasteiger partial charge is 0.168 e. The minimum Gasteiger partial charge on any atom is -0.371 e. The molecule has 0 aromatic carbocycles. The minimum absolute atomic E-state index is 0.0504. The first-order valence-electron chi connectivity index (χ1n) is 6.09. The lowest BCUT2D eigenvalue weighted by atomic mass is 10.4. The highest BCUT2D eigenvalue weighted by Crippen LogP contribution is 2.25. The normalized spacial score (nSPS) is 14.9. The van der Waals surface area contributed by atoms with Gasteiger partial charge in [-0.2, -0.15) is 0 Å². The lowest BCUT2D eigenvalue weighted by molar-refractivity contribution is 0.337. The van der Waals surface area contributed by atoms with Gasteiger partial charge in [0.1, 0.15) is 0 Å². The Morgan fingerprint density at radius 2 is 2.00 bits per heavy atom. The Bertz CT molecular complexity index is 421. The molecule has 6 heteroatoms. The molecule has 1 fully saturated rings. The Kier molecular flexibility index (Phi) is 3.96. The van der Waals surface area contributed by atoms with Gasteiger partial charge in [-0.05, 0) is 19.9 Å². The van der Waals surface area contributed by atoms with Gasteiger partial charge in [-0.15, -0.1) is 0 Å². The molecule has 0 spiro atoms. The molecule has 0 bridgehead atoms. The number of aromatic nitrogens is 1. The van der Waals surface area contributed by atoms with Crippen molar-refractivity contribution in [3.63, 3.8) is 0 Å². The van der Waals surface area contributed by atoms with E-state index in [0.29, 0.717) is 12.6 Å². The van der Waals surface area contributed by atoms with Crippen molar-refractivity contribution >= 4 is 11.6 Å². The summed E-state index contributed by atoms with van der Waals surface area (Å²) in [5, 5.41) is 5.48. The number of likely N-dealkylation sites (N-methyl/N-ethyl adjacent to an activating group) is 1. The van der Waals surface area contributed by atoms with Crippen molar-refractivity contribution < 1.29 is 8.78 Å². The Labute approximate surface area is 105 Å². The van der Waals surface area contributed by atoms with Crippen molar-refractivity contribution in [1.29, 1.82) is 0 Å². The number of halogens is 2. The molecule has 1 aliphatic carbocycles. The van der Waals surface area contributed by atoms with Crippen LogP contribution in [-0.4, -0.2) is 43.1 Å². The first kappa shape index (κ1) is 13.0. The number of hydrogen-bond acceptors (Lipinski definition) is 4. The van der Waals surface area contributed by atoms with E-state index in [9.17, 15) is 8.78 Å². The summed E-state index contributed by atoms with van der Waals surface area (Å²) in [6.07, 6.45) is 2.48. The van der Waals surface area contributed by atoms with E-state index in [1.54, 1.807) is 7.05 Å². The summed E-state index contributed by atoms with van der Waals surface area (Å²) in [5.74, 6) is -1.21. The maximum atomic E-state index is 13.5. The second kappa shape index (κ2) is 5.48. The Morgan fingerprint density at radius 3 is 2.61 bits per heavy atom. The highest BCUT2D eigenvalue weighted by atomic mass is 19.1. The van der Waals surface area contributed by atoms with Gasteiger partial charge in [-0.25, -0.2) is 13.8 Å². The number of hydrogen-bond donors (Lipinski definition) is 2. The van der Waals surface area contributed by atoms with E-state index in [-0.39, 0.29) is 11.6 Å². The van der Waals surface area contributed by atoms with Crippen molar-refractivity contribution in [2.75, 3.05) is 37.8 Å². The molecule has 0 atom stereocenters. The maximum Gasteiger partial charge on any atom is 0.168 e. The van der Waals surface area contributed by atoms with Crippen LogP contribution in [0.15, 0.2) is 6.07 Å². The van der Waals surface area contributed by atoms with E-state index in [0.717, 1.165) is 12.6 Å². The molecule has 1 saturated carbocycles. The SMILES string of the molecule is CNc1nc(NCCN(C)C2CC2)c(F)cc1F. The molecule has 18 heavy (non-hydrogen) atoms. The summed E-state index contributed by atoms with van der Waals surface area (Å²) in [7, 11) is 3.60. The summed E-state index contributed by atoms with van der Waals surface area (Å²) in [4.78, 5) is 6.09. The van der Waals surface area contributed by atoms with E-state index in [4.69, 9.17) is 0 Å². The van der Waals surface area contributed by atoms with Gasteiger partial charge in [0.25, 0.3) is 0 Å². The largest absolute Gasteiger partial charge is 0.371 e. The van der Waals surface area contributed by atoms with Gasteiger partial charge in [0.2, 0.25) is 0 Å². The molecule has 1 heterocycles. The monoisotopic (exact) mass is 256 g/mol. The predicted molar refractivity (Wildman–Crippen MR) is 67.8 cm³/mol. The number of rotatable bonds is 6. The first-order valence-corrected chi connectivity index (χ1v) is 6.09. The Balaban J connectivity index is 1.91. The van der Waals surface area contributed by atoms with Crippen LogP contribution in [0.25, 0.3) is 0 Å². The topological polar surface area (TPSA) is 40.2 Å². The fourth-order valence-corrected chi connectivity index (χ4v) is 1.81. The van der Waals surface area contributed by atoms with Crippen LogP contribution in [-0.2, 0) is 0 Å². The van der Waals surface area contributed by atoms with Gasteiger partial charge < -0.3 is 15.5 Å². The standard InChI is InChI=1S/C12H18F2N4/c1-15-11-9(13)7-10(14)12(17-11)16-5-6-18(2)8-3-4-8/h7-8H,3-6H2,1-2H3,(H2,15,16,17). The van der Waals surface area contributed by atoms with Gasteiger partial charge in [0.15, 0.2) is 23.3 Å². The molecule has 1 aliphatic rings. The van der Waals surface area contributed by atoms with Crippen LogP contribution in [0.5, 0.6) is 0 Å². The lowest BCUT2D eigenvalue weighted by Gasteiger charge is -2.16. The van der Waals surface area contributed by atoms with Crippen molar-refractivity contribution in [1.82, 2.24) is 9.88 Å². The maximum absolute atomic E-state index is 13.5. The molecule has 0 aliphatic heterocycles. The van der Waals surface area contributed by atoms with Crippen molar-refractivity contribution in [3.8, 4) is 0 Å². The van der Waals surface area contributed by atoms with Crippen LogP contribution >= 0.6 is 0 Å². The molecule has 0 amide bonds. The van der Waals surface area contributed by atoms with Crippen LogP contribution in [0, 0.1) is 11.6 Å². The average Bonchev–Trinajstić information content (AvgIpc) is 3.15. The highest BCUT2D eigenvalue weighted by Gasteiger charge is 2.25. The summed E-state index contributed by atoms with van der Waals surface area (Å²) in [6, 6.07) is 1.51. The molecule has 2 N–H and O–H groups in total. The zero-order chi connectivity index (χ0) is 13.1. The summed E-state index contributed by atoms with van der Waals surface area (Å²) < 4.78 is 26.7. The van der Waals surface area contributed by atoms with Gasteiger partial charge in [-0.3, -0.25) is 0 Å². The molecular formula is C12H18F2N4. The third-order valence-corrected chi connectivity index (χ3v) is 3.09. The van der Waals surface area contributed by atoms with Crippen LogP contribution < -0.4 is 10.6 Å². The molecule has 1 aromatic rings. The predicted octanol–water partition coefficient (Wildman–Crippen LogP) is 1.91. The Hall–Kier alpha value is -1.43. The van der Waals surface area contributed by atoms with Gasteiger partial charge in [0, 0.05) is 32.2 Å². The molecule has 100 valence electrons. The van der Waals surface area contributed by atoms with Crippen molar-refractivity contribution in [3.05, 3.63) is 17.7 Å². The molecule has 0 saturated heterocycles. The number of anilines is 2. The van der Waals surface area contributed by atoms with Crippen LogP contribution in [0.4, 0.5) is 20.4 Å². The van der Waals surface area contributed by atoms with Crippen LogP contribution in [0.2, 0.25) is 0 Å². The molecule has 2 rings (SSSR count). The second-order valence-electron chi connectivity index (χ2n) is 4.54. The van der Waals surface area contributed by atoms with Crippen LogP contribution in [0.1, 0.15) is 12.8 Å².